The molecule has 0 bridgehead atoms. The molecule has 0 aliphatic heterocycles. The summed E-state index contributed by atoms with van der Waals surface area (Å²) in [7, 11) is 3.21. The minimum Gasteiger partial charge on any atom is -0.497 e. The number of carbonyl (C=O) groups is 1. The third kappa shape index (κ3) is 5.35. The van der Waals surface area contributed by atoms with E-state index in [1.165, 1.54) is 0 Å². The molecule has 0 aromatic heterocycles. The highest BCUT2D eigenvalue weighted by molar-refractivity contribution is 5.68. The van der Waals surface area contributed by atoms with E-state index >= 15 is 0 Å². The molecule has 1 amide bonds. The van der Waals surface area contributed by atoms with Crippen LogP contribution in [-0.2, 0) is 11.3 Å². The van der Waals surface area contributed by atoms with E-state index in [0.29, 0.717) is 12.3 Å². The van der Waals surface area contributed by atoms with Crippen LogP contribution in [0.3, 0.4) is 0 Å². The molecule has 0 spiro atoms. The number of rotatable bonds is 7. The normalized spacial score (nSPS) is 10.4. The summed E-state index contributed by atoms with van der Waals surface area (Å²) in [5.74, 6) is 1.43. The lowest BCUT2D eigenvalue weighted by Gasteiger charge is -2.07. The second kappa shape index (κ2) is 9.25. The summed E-state index contributed by atoms with van der Waals surface area (Å²) in [6, 6.07) is 15.1. The number of carbonyl (C=O) groups excluding carboxylic acids is 1. The first-order valence-electron chi connectivity index (χ1n) is 7.56. The van der Waals surface area contributed by atoms with Crippen LogP contribution in [-0.4, -0.2) is 26.9 Å². The topological polar surface area (TPSA) is 56.8 Å². The number of amides is 1. The predicted molar refractivity (Wildman–Crippen MR) is 93.2 cm³/mol. The summed E-state index contributed by atoms with van der Waals surface area (Å²) < 4.78 is 15.6. The number of alkyl carbamates (subject to hydrolysis) is 1. The van der Waals surface area contributed by atoms with Gasteiger partial charge in [0, 0.05) is 18.2 Å². The zero-order valence-electron chi connectivity index (χ0n) is 13.8. The maximum absolute atomic E-state index is 11.6. The van der Waals surface area contributed by atoms with Crippen molar-refractivity contribution < 1.29 is 19.0 Å². The van der Waals surface area contributed by atoms with Gasteiger partial charge in [-0.05, 0) is 17.7 Å². The molecule has 1 N–H and O–H groups in total. The second-order valence-corrected chi connectivity index (χ2v) is 4.95. The number of nitrogens with one attached hydrogen (secondary N) is 1. The Morgan fingerprint density at radius 3 is 2.58 bits per heavy atom. The maximum atomic E-state index is 11.6. The largest absolute Gasteiger partial charge is 0.497 e. The lowest BCUT2D eigenvalue weighted by molar-refractivity contribution is 0.141. The lowest BCUT2D eigenvalue weighted by Crippen LogP contribution is -2.24. The minimum absolute atomic E-state index is 0.253. The Morgan fingerprint density at radius 1 is 1.08 bits per heavy atom. The van der Waals surface area contributed by atoms with Crippen molar-refractivity contribution in [3.05, 3.63) is 65.7 Å². The van der Waals surface area contributed by atoms with Crippen molar-refractivity contribution in [2.45, 2.75) is 6.61 Å². The molecular formula is C19H21NO4. The molecule has 0 heterocycles. The third-order valence-corrected chi connectivity index (χ3v) is 3.32. The van der Waals surface area contributed by atoms with Gasteiger partial charge in [-0.1, -0.05) is 42.5 Å². The van der Waals surface area contributed by atoms with Crippen molar-refractivity contribution >= 4 is 12.2 Å². The van der Waals surface area contributed by atoms with E-state index in [4.69, 9.17) is 14.2 Å². The fourth-order valence-electron chi connectivity index (χ4n) is 2.06. The minimum atomic E-state index is -0.454. The molecule has 2 aromatic rings. The number of benzene rings is 2. The van der Waals surface area contributed by atoms with Crippen LogP contribution in [0.25, 0.3) is 6.08 Å². The number of methoxy groups -OCH3 is 2. The lowest BCUT2D eigenvalue weighted by atomic mass is 10.1. The summed E-state index contributed by atoms with van der Waals surface area (Å²) >= 11 is 0. The average molecular weight is 327 g/mol. The molecule has 24 heavy (non-hydrogen) atoms. The molecule has 5 heteroatoms. The summed E-state index contributed by atoms with van der Waals surface area (Å²) in [5, 5.41) is 2.67. The van der Waals surface area contributed by atoms with Crippen molar-refractivity contribution in [2.24, 2.45) is 0 Å². The first-order chi connectivity index (χ1) is 11.7. The van der Waals surface area contributed by atoms with Gasteiger partial charge >= 0.3 is 6.09 Å². The fraction of sp³-hybridized carbons (Fsp3) is 0.211. The smallest absolute Gasteiger partial charge is 0.407 e. The van der Waals surface area contributed by atoms with Crippen molar-refractivity contribution in [2.75, 3.05) is 20.8 Å². The molecular weight excluding hydrogens is 306 g/mol. The van der Waals surface area contributed by atoms with Gasteiger partial charge in [-0.2, -0.15) is 0 Å². The molecule has 2 aromatic carbocycles. The van der Waals surface area contributed by atoms with Gasteiger partial charge in [0.2, 0.25) is 0 Å². The first kappa shape index (κ1) is 17.4. The van der Waals surface area contributed by atoms with Crippen LogP contribution < -0.4 is 14.8 Å². The highest BCUT2D eigenvalue weighted by Crippen LogP contribution is 2.25. The van der Waals surface area contributed by atoms with Crippen molar-refractivity contribution in [3.8, 4) is 11.5 Å². The molecule has 0 unspecified atom stereocenters. The van der Waals surface area contributed by atoms with E-state index in [0.717, 1.165) is 16.9 Å². The van der Waals surface area contributed by atoms with E-state index in [-0.39, 0.29) is 6.61 Å². The molecule has 0 radical (unpaired) electrons. The predicted octanol–water partition coefficient (Wildman–Crippen LogP) is 3.64. The van der Waals surface area contributed by atoms with Crippen LogP contribution in [0.2, 0.25) is 0 Å². The van der Waals surface area contributed by atoms with E-state index in [2.05, 4.69) is 5.32 Å². The van der Waals surface area contributed by atoms with Crippen LogP contribution in [0.15, 0.2) is 54.6 Å². The van der Waals surface area contributed by atoms with Gasteiger partial charge in [-0.3, -0.25) is 0 Å². The molecule has 2 rings (SSSR count). The van der Waals surface area contributed by atoms with Crippen molar-refractivity contribution in [1.82, 2.24) is 5.32 Å². The highest BCUT2D eigenvalue weighted by Gasteiger charge is 2.03. The van der Waals surface area contributed by atoms with Crippen LogP contribution in [0.1, 0.15) is 11.1 Å². The summed E-state index contributed by atoms with van der Waals surface area (Å²) in [6.07, 6.45) is 3.24. The van der Waals surface area contributed by atoms with Gasteiger partial charge in [0.25, 0.3) is 0 Å². The summed E-state index contributed by atoms with van der Waals surface area (Å²) in [5.41, 5.74) is 1.85. The maximum Gasteiger partial charge on any atom is 0.407 e. The second-order valence-electron chi connectivity index (χ2n) is 4.95. The highest BCUT2D eigenvalue weighted by atomic mass is 16.5. The molecule has 0 aliphatic carbocycles. The fourth-order valence-corrected chi connectivity index (χ4v) is 2.06. The van der Waals surface area contributed by atoms with E-state index in [9.17, 15) is 4.79 Å². The third-order valence-electron chi connectivity index (χ3n) is 3.32. The Labute approximate surface area is 141 Å². The van der Waals surface area contributed by atoms with Gasteiger partial charge in [-0.25, -0.2) is 4.79 Å². The quantitative estimate of drug-likeness (QED) is 0.843. The number of ether oxygens (including phenoxy) is 3. The van der Waals surface area contributed by atoms with Crippen LogP contribution in [0.5, 0.6) is 11.5 Å². The molecule has 0 saturated heterocycles. The van der Waals surface area contributed by atoms with Crippen molar-refractivity contribution in [3.63, 3.8) is 0 Å². The standard InChI is InChI=1S/C19H21NO4/c1-22-17-11-10-16(18(13-17)23-2)9-6-12-20-19(21)24-14-15-7-4-3-5-8-15/h3-11,13H,12,14H2,1-2H3,(H,20,21). The monoisotopic (exact) mass is 327 g/mol. The molecule has 5 nitrogen and oxygen atoms in total. The van der Waals surface area contributed by atoms with E-state index in [1.807, 2.05) is 54.6 Å². The van der Waals surface area contributed by atoms with Gasteiger partial charge in [-0.15, -0.1) is 0 Å². The summed E-state index contributed by atoms with van der Waals surface area (Å²) in [6.45, 7) is 0.617. The molecule has 0 atom stereocenters. The van der Waals surface area contributed by atoms with Crippen molar-refractivity contribution in [1.29, 1.82) is 0 Å². The Hall–Kier alpha value is -2.95. The van der Waals surface area contributed by atoms with Crippen LogP contribution in [0, 0.1) is 0 Å². The SMILES string of the molecule is COc1ccc(C=CCNC(=O)OCc2ccccc2)c(OC)c1. The Kier molecular flexibility index (Phi) is 6.71. The summed E-state index contributed by atoms with van der Waals surface area (Å²) in [4.78, 5) is 11.6. The van der Waals surface area contributed by atoms with E-state index < -0.39 is 6.09 Å². The first-order valence-corrected chi connectivity index (χ1v) is 7.56. The zero-order valence-corrected chi connectivity index (χ0v) is 13.8. The Morgan fingerprint density at radius 2 is 1.88 bits per heavy atom. The molecule has 0 fully saturated rings. The van der Waals surface area contributed by atoms with E-state index in [1.54, 1.807) is 20.3 Å². The van der Waals surface area contributed by atoms with Gasteiger partial charge < -0.3 is 19.5 Å². The molecule has 0 saturated carbocycles. The Bertz CT molecular complexity index is 683. The van der Waals surface area contributed by atoms with Gasteiger partial charge in [0.15, 0.2) is 0 Å². The van der Waals surface area contributed by atoms with Gasteiger partial charge in [0.1, 0.15) is 18.1 Å². The molecule has 0 aliphatic rings. The average Bonchev–Trinajstić information content (AvgIpc) is 2.64. The Balaban J connectivity index is 1.79. The zero-order chi connectivity index (χ0) is 17.2. The van der Waals surface area contributed by atoms with Gasteiger partial charge in [0.05, 0.1) is 14.2 Å². The van der Waals surface area contributed by atoms with Crippen LogP contribution >= 0.6 is 0 Å². The number of hydrogen-bond acceptors (Lipinski definition) is 4. The van der Waals surface area contributed by atoms with Crippen LogP contribution in [0.4, 0.5) is 4.79 Å². The molecule has 126 valence electrons. The number of hydrogen-bond donors (Lipinski definition) is 1.